The Morgan fingerprint density at radius 2 is 1.90 bits per heavy atom. The number of hydrogen-bond acceptors (Lipinski definition) is 3. The van der Waals surface area contributed by atoms with Crippen LogP contribution >= 0.6 is 11.3 Å². The second-order valence-corrected chi connectivity index (χ2v) is 6.47. The Bertz CT molecular complexity index is 878. The lowest BCUT2D eigenvalue weighted by molar-refractivity contribution is 0.475. The largest absolute Gasteiger partial charge is 0.593 e. The van der Waals surface area contributed by atoms with Crippen LogP contribution in [0.15, 0.2) is 29.1 Å². The predicted molar refractivity (Wildman–Crippen MR) is 85.4 cm³/mol. The van der Waals surface area contributed by atoms with Crippen molar-refractivity contribution in [2.24, 2.45) is 0 Å². The van der Waals surface area contributed by atoms with E-state index in [1.54, 1.807) is 23.5 Å². The molecule has 0 fully saturated rings. The van der Waals surface area contributed by atoms with Crippen LogP contribution in [0.4, 0.5) is 0 Å². The number of nitrogens with zero attached hydrogens (tertiary/aromatic N) is 1. The summed E-state index contributed by atoms with van der Waals surface area (Å²) in [5, 5.41) is 8.31. The van der Waals surface area contributed by atoms with E-state index in [9.17, 15) is 4.79 Å². The van der Waals surface area contributed by atoms with Gasteiger partial charge in [0.1, 0.15) is 10.7 Å². The molecule has 5 heteroatoms. The topological polar surface area (TPSA) is 68.7 Å². The van der Waals surface area contributed by atoms with Gasteiger partial charge in [-0.2, -0.15) is 0 Å². The van der Waals surface area contributed by atoms with Gasteiger partial charge in [0.05, 0.1) is 5.39 Å². The molecule has 2 aromatic heterocycles. The third kappa shape index (κ3) is 2.05. The Hall–Kier alpha value is -2.14. The van der Waals surface area contributed by atoms with E-state index in [1.165, 1.54) is 16.9 Å². The molecular weight excluding hydrogens is 284 g/mol. The average Bonchev–Trinajstić information content (AvgIpc) is 2.86. The molecule has 2 heterocycles. The van der Waals surface area contributed by atoms with Gasteiger partial charge in [0.25, 0.3) is 11.3 Å². The summed E-state index contributed by atoms with van der Waals surface area (Å²) >= 11 is 1.66. The molecule has 0 spiro atoms. The van der Waals surface area contributed by atoms with Crippen molar-refractivity contribution < 1.29 is 5.11 Å². The second-order valence-electron chi connectivity index (χ2n) is 5.38. The summed E-state index contributed by atoms with van der Waals surface area (Å²) in [6, 6.07) is 7.05. The van der Waals surface area contributed by atoms with Gasteiger partial charge in [0.15, 0.2) is 0 Å². The fraction of sp³-hybridized carbons (Fsp3) is 0.250. The molecule has 4 rings (SSSR count). The quantitative estimate of drug-likeness (QED) is 0.702. The first-order chi connectivity index (χ1) is 10.2. The van der Waals surface area contributed by atoms with Crippen LogP contribution in [0, 0.1) is 0 Å². The normalized spacial score (nSPS) is 14.3. The Kier molecular flexibility index (Phi) is 2.82. The molecule has 1 aromatic carbocycles. The van der Waals surface area contributed by atoms with E-state index in [1.807, 2.05) is 12.1 Å². The maximum atomic E-state index is 12.4. The molecule has 0 saturated carbocycles. The van der Waals surface area contributed by atoms with E-state index in [2.05, 4.69) is 9.97 Å². The number of rotatable bonds is 1. The molecule has 106 valence electrons. The minimum Gasteiger partial charge on any atom is -0.593 e. The van der Waals surface area contributed by atoms with E-state index in [4.69, 9.17) is 5.11 Å². The molecule has 0 saturated heterocycles. The van der Waals surface area contributed by atoms with Crippen LogP contribution in [0.5, 0.6) is 5.75 Å². The summed E-state index contributed by atoms with van der Waals surface area (Å²) in [5.74, 6) is 1.04. The summed E-state index contributed by atoms with van der Waals surface area (Å²) in [5.41, 5.74) is 2.02. The van der Waals surface area contributed by atoms with Crippen molar-refractivity contribution in [3.05, 3.63) is 45.1 Å². The van der Waals surface area contributed by atoms with Crippen LogP contribution in [-0.4, -0.2) is 15.1 Å². The Morgan fingerprint density at radius 1 is 1.14 bits per heavy atom. The van der Waals surface area contributed by atoms with E-state index in [0.29, 0.717) is 11.6 Å². The number of H-pyrrole nitrogens is 1. The lowest BCUT2D eigenvalue weighted by Gasteiger charge is -2.09. The van der Waals surface area contributed by atoms with Gasteiger partial charge in [0.2, 0.25) is 0 Å². The van der Waals surface area contributed by atoms with Crippen molar-refractivity contribution in [3.63, 3.8) is 0 Å². The second kappa shape index (κ2) is 4.70. The number of hydrogen-bond donors (Lipinski definition) is 1. The van der Waals surface area contributed by atoms with Gasteiger partial charge in [0, 0.05) is 22.6 Å². The first kappa shape index (κ1) is 12.6. The smallest absolute Gasteiger partial charge is 0.260 e. The van der Waals surface area contributed by atoms with Crippen LogP contribution in [0.2, 0.25) is 0 Å². The first-order valence-corrected chi connectivity index (χ1v) is 7.90. The zero-order chi connectivity index (χ0) is 14.4. The highest BCUT2D eigenvalue weighted by atomic mass is 32.1. The summed E-state index contributed by atoms with van der Waals surface area (Å²) in [6.45, 7) is 0. The Labute approximate surface area is 125 Å². The number of fused-ring (bicyclic) bond motifs is 3. The molecule has 0 aliphatic heterocycles. The Balaban J connectivity index is 1.93. The van der Waals surface area contributed by atoms with Crippen molar-refractivity contribution >= 4 is 21.6 Å². The van der Waals surface area contributed by atoms with Gasteiger partial charge in [-0.1, -0.05) is 0 Å². The van der Waals surface area contributed by atoms with Crippen molar-refractivity contribution in [2.45, 2.75) is 25.7 Å². The summed E-state index contributed by atoms with van der Waals surface area (Å²) < 4.78 is 0. The fourth-order valence-electron chi connectivity index (χ4n) is 2.93. The molecule has 1 aliphatic rings. The zero-order valence-electron chi connectivity index (χ0n) is 11.4. The molecule has 3 aromatic rings. The maximum Gasteiger partial charge on any atom is 0.260 e. The van der Waals surface area contributed by atoms with Crippen LogP contribution in [-0.2, 0) is 12.8 Å². The highest BCUT2D eigenvalue weighted by Gasteiger charge is 2.20. The van der Waals surface area contributed by atoms with E-state index >= 15 is 0 Å². The van der Waals surface area contributed by atoms with Crippen LogP contribution in [0.1, 0.15) is 23.3 Å². The Morgan fingerprint density at radius 3 is 2.71 bits per heavy atom. The van der Waals surface area contributed by atoms with E-state index in [0.717, 1.165) is 35.0 Å². The average molecular weight is 299 g/mol. The molecule has 1 aliphatic carbocycles. The van der Waals surface area contributed by atoms with Crippen molar-refractivity contribution in [3.8, 4) is 17.1 Å². The molecule has 0 amide bonds. The highest BCUT2D eigenvalue weighted by molar-refractivity contribution is 7.18. The molecule has 3 N–H and O–H groups in total. The predicted octanol–water partition coefficient (Wildman–Crippen LogP) is 2.97. The minimum absolute atomic E-state index is 0.0376. The summed E-state index contributed by atoms with van der Waals surface area (Å²) in [6.07, 6.45) is 4.42. The van der Waals surface area contributed by atoms with Gasteiger partial charge in [-0.15, -0.1) is 11.3 Å². The fourth-order valence-corrected chi connectivity index (χ4v) is 4.19. The van der Waals surface area contributed by atoms with E-state index in [-0.39, 0.29) is 5.56 Å². The third-order valence-electron chi connectivity index (χ3n) is 3.98. The van der Waals surface area contributed by atoms with E-state index < -0.39 is 0 Å². The number of aromatic nitrogens is 2. The van der Waals surface area contributed by atoms with Crippen molar-refractivity contribution in [1.29, 1.82) is 0 Å². The van der Waals surface area contributed by atoms with Gasteiger partial charge in [-0.25, -0.2) is 4.98 Å². The van der Waals surface area contributed by atoms with Gasteiger partial charge in [-0.05, 0) is 43.4 Å². The summed E-state index contributed by atoms with van der Waals surface area (Å²) in [7, 11) is 0. The number of aromatic amines is 1. The lowest BCUT2D eigenvalue weighted by atomic mass is 9.97. The number of aryl methyl sites for hydroxylation is 2. The van der Waals surface area contributed by atoms with Crippen LogP contribution in [0.25, 0.3) is 21.6 Å². The number of benzene rings is 1. The lowest BCUT2D eigenvalue weighted by Crippen LogP contribution is -2.11. The molecule has 0 bridgehead atoms. The molecule has 0 atom stereocenters. The SMILES string of the molecule is O=c1[nH]c(-c2ccc([OH2+])cc2)nc2sc3c(c12)CCCC3. The number of thiophene rings is 1. The molecule has 4 nitrogen and oxygen atoms in total. The first-order valence-electron chi connectivity index (χ1n) is 7.09. The standard InChI is InChI=1S/C16H14N2O2S/c19-10-7-5-9(6-8-10)14-17-15(20)13-11-3-1-2-4-12(11)21-16(13)18-14/h5-8,19H,1-4H2,(H,17,18,20)/p+1. The van der Waals surface area contributed by atoms with Crippen molar-refractivity contribution in [2.75, 3.05) is 0 Å². The van der Waals surface area contributed by atoms with Gasteiger partial charge >= 0.3 is 0 Å². The molecular formula is C16H15N2O2S+. The molecule has 0 unspecified atom stereocenters. The zero-order valence-corrected chi connectivity index (χ0v) is 12.2. The minimum atomic E-state index is -0.0376. The van der Waals surface area contributed by atoms with Crippen molar-refractivity contribution in [1.82, 2.24) is 9.97 Å². The van der Waals surface area contributed by atoms with Gasteiger partial charge < -0.3 is 10.1 Å². The summed E-state index contributed by atoms with van der Waals surface area (Å²) in [4.78, 5) is 22.2. The van der Waals surface area contributed by atoms with Crippen LogP contribution in [0.3, 0.4) is 0 Å². The monoisotopic (exact) mass is 299 g/mol. The maximum absolute atomic E-state index is 12.4. The molecule has 0 radical (unpaired) electrons. The van der Waals surface area contributed by atoms with Gasteiger partial charge in [-0.3, -0.25) is 4.79 Å². The number of nitrogens with one attached hydrogen (secondary N) is 1. The third-order valence-corrected chi connectivity index (χ3v) is 5.17. The van der Waals surface area contributed by atoms with Crippen LogP contribution < -0.4 is 5.56 Å². The highest BCUT2D eigenvalue weighted by Crippen LogP contribution is 2.34. The molecule has 21 heavy (non-hydrogen) atoms.